The predicted octanol–water partition coefficient (Wildman–Crippen LogP) is 3.06. The number of carbonyl (C=O) groups excluding carboxylic acids is 1. The van der Waals surface area contributed by atoms with Crippen molar-refractivity contribution in [1.29, 1.82) is 0 Å². The molecule has 0 atom stereocenters. The summed E-state index contributed by atoms with van der Waals surface area (Å²) in [6, 6.07) is 0. The molecule has 1 rings (SSSR count). The summed E-state index contributed by atoms with van der Waals surface area (Å²) in [7, 11) is 0. The van der Waals surface area contributed by atoms with Gasteiger partial charge in [0, 0.05) is 18.5 Å². The molecule has 1 N–H and O–H groups in total. The van der Waals surface area contributed by atoms with Crippen molar-refractivity contribution in [3.05, 3.63) is 35.3 Å². The Morgan fingerprint density at radius 2 is 2.18 bits per heavy atom. The highest BCUT2D eigenvalue weighted by Gasteiger charge is 2.08. The molecule has 0 aromatic rings. The first-order valence-electron chi connectivity index (χ1n) is 6.18. The van der Waals surface area contributed by atoms with Crippen LogP contribution < -0.4 is 5.32 Å². The van der Waals surface area contributed by atoms with Gasteiger partial charge in [0.05, 0.1) is 6.61 Å². The van der Waals surface area contributed by atoms with E-state index in [9.17, 15) is 4.79 Å². The summed E-state index contributed by atoms with van der Waals surface area (Å²) in [5.74, 6) is 0.954. The fraction of sp³-hybridized carbons (Fsp3) is 0.500. The third kappa shape index (κ3) is 4.47. The van der Waals surface area contributed by atoms with Gasteiger partial charge in [-0.3, -0.25) is 4.79 Å². The minimum Gasteiger partial charge on any atom is -0.494 e. The number of amides is 1. The molecule has 0 radical (unpaired) electrons. The quantitative estimate of drug-likeness (QED) is 0.795. The first kappa shape index (κ1) is 13.6. The highest BCUT2D eigenvalue weighted by atomic mass is 16.5. The van der Waals surface area contributed by atoms with Crippen LogP contribution in [0.1, 0.15) is 40.0 Å². The number of nitrogens with one attached hydrogen (secondary N) is 1. The van der Waals surface area contributed by atoms with Crippen molar-refractivity contribution < 1.29 is 9.53 Å². The topological polar surface area (TPSA) is 38.3 Å². The summed E-state index contributed by atoms with van der Waals surface area (Å²) < 4.78 is 5.45. The molecular weight excluding hydrogens is 214 g/mol. The Labute approximate surface area is 103 Å². The summed E-state index contributed by atoms with van der Waals surface area (Å²) in [5.41, 5.74) is 2.05. The van der Waals surface area contributed by atoms with Gasteiger partial charge >= 0.3 is 0 Å². The summed E-state index contributed by atoms with van der Waals surface area (Å²) in [6.07, 6.45) is 8.08. The summed E-state index contributed by atoms with van der Waals surface area (Å²) in [4.78, 5) is 11.6. The third-order valence-corrected chi connectivity index (χ3v) is 2.56. The third-order valence-electron chi connectivity index (χ3n) is 2.56. The lowest BCUT2D eigenvalue weighted by molar-refractivity contribution is -0.120. The van der Waals surface area contributed by atoms with Crippen molar-refractivity contribution in [1.82, 2.24) is 5.32 Å². The molecule has 3 nitrogen and oxygen atoms in total. The van der Waals surface area contributed by atoms with E-state index in [1.807, 2.05) is 39.0 Å². The lowest BCUT2D eigenvalue weighted by Gasteiger charge is -2.09. The molecule has 0 saturated carbocycles. The molecule has 0 saturated heterocycles. The van der Waals surface area contributed by atoms with Gasteiger partial charge in [0.25, 0.3) is 0 Å². The van der Waals surface area contributed by atoms with Gasteiger partial charge in [-0.15, -0.1) is 0 Å². The second-order valence-electron chi connectivity index (χ2n) is 4.04. The number of hydrogen-bond donors (Lipinski definition) is 1. The largest absolute Gasteiger partial charge is 0.494 e. The van der Waals surface area contributed by atoms with Crippen LogP contribution in [0.15, 0.2) is 35.3 Å². The standard InChI is InChI=1S/C14H21NO2/c1-4-6-14(16)15-13-10-9-12(17-5-2)8-7-11(13)3/h7-9H,4-6,10H2,1-3H3,(H,15,16). The number of carbonyl (C=O) groups is 1. The monoisotopic (exact) mass is 235 g/mol. The van der Waals surface area contributed by atoms with E-state index in [-0.39, 0.29) is 5.91 Å². The average Bonchev–Trinajstić information content (AvgIpc) is 2.45. The normalized spacial score (nSPS) is 15.4. The second kappa shape index (κ2) is 6.94. The van der Waals surface area contributed by atoms with Crippen LogP contribution in [-0.2, 0) is 9.53 Å². The number of hydrogen-bond acceptors (Lipinski definition) is 2. The van der Waals surface area contributed by atoms with Gasteiger partial charge in [-0.25, -0.2) is 0 Å². The molecule has 0 bridgehead atoms. The summed E-state index contributed by atoms with van der Waals surface area (Å²) in [6.45, 7) is 6.62. The molecule has 0 unspecified atom stereocenters. The van der Waals surface area contributed by atoms with Crippen LogP contribution in [0.25, 0.3) is 0 Å². The molecular formula is C14H21NO2. The lowest BCUT2D eigenvalue weighted by Crippen LogP contribution is -2.22. The Bertz CT molecular complexity index is 364. The van der Waals surface area contributed by atoms with Crippen molar-refractivity contribution in [2.75, 3.05) is 6.61 Å². The molecule has 0 aromatic carbocycles. The maximum absolute atomic E-state index is 11.6. The van der Waals surface area contributed by atoms with Crippen LogP contribution >= 0.6 is 0 Å². The molecule has 0 heterocycles. The molecule has 0 aliphatic heterocycles. The van der Waals surface area contributed by atoms with E-state index < -0.39 is 0 Å². The number of ether oxygens (including phenoxy) is 1. The number of rotatable bonds is 5. The first-order chi connectivity index (χ1) is 8.17. The van der Waals surface area contributed by atoms with E-state index in [2.05, 4.69) is 5.32 Å². The van der Waals surface area contributed by atoms with Crippen molar-refractivity contribution in [3.63, 3.8) is 0 Å². The average molecular weight is 235 g/mol. The van der Waals surface area contributed by atoms with Crippen molar-refractivity contribution in [2.45, 2.75) is 40.0 Å². The van der Waals surface area contributed by atoms with E-state index in [1.54, 1.807) is 0 Å². The molecule has 1 aliphatic rings. The molecule has 0 aromatic heterocycles. The van der Waals surface area contributed by atoms with E-state index >= 15 is 0 Å². The van der Waals surface area contributed by atoms with Crippen LogP contribution in [-0.4, -0.2) is 12.5 Å². The Balaban J connectivity index is 2.67. The van der Waals surface area contributed by atoms with Gasteiger partial charge in [-0.2, -0.15) is 0 Å². The maximum atomic E-state index is 11.6. The van der Waals surface area contributed by atoms with Crippen molar-refractivity contribution in [3.8, 4) is 0 Å². The van der Waals surface area contributed by atoms with Crippen LogP contribution in [0.4, 0.5) is 0 Å². The smallest absolute Gasteiger partial charge is 0.224 e. The Kier molecular flexibility index (Phi) is 5.53. The molecule has 17 heavy (non-hydrogen) atoms. The summed E-state index contributed by atoms with van der Waals surface area (Å²) in [5, 5.41) is 2.96. The van der Waals surface area contributed by atoms with Crippen LogP contribution in [0.5, 0.6) is 0 Å². The fourth-order valence-electron chi connectivity index (χ4n) is 1.62. The van der Waals surface area contributed by atoms with E-state index in [0.29, 0.717) is 19.4 Å². The Morgan fingerprint density at radius 1 is 1.41 bits per heavy atom. The summed E-state index contributed by atoms with van der Waals surface area (Å²) >= 11 is 0. The van der Waals surface area contributed by atoms with Crippen LogP contribution in [0.3, 0.4) is 0 Å². The van der Waals surface area contributed by atoms with Gasteiger partial charge in [-0.1, -0.05) is 13.0 Å². The lowest BCUT2D eigenvalue weighted by atomic mass is 10.2. The molecule has 1 amide bonds. The van der Waals surface area contributed by atoms with Gasteiger partial charge in [0.1, 0.15) is 5.76 Å². The zero-order chi connectivity index (χ0) is 12.7. The van der Waals surface area contributed by atoms with Crippen molar-refractivity contribution in [2.24, 2.45) is 0 Å². The maximum Gasteiger partial charge on any atom is 0.224 e. The minimum absolute atomic E-state index is 0.0866. The van der Waals surface area contributed by atoms with E-state index in [4.69, 9.17) is 4.74 Å². The molecule has 3 heteroatoms. The van der Waals surface area contributed by atoms with E-state index in [0.717, 1.165) is 23.5 Å². The molecule has 0 spiro atoms. The molecule has 1 aliphatic carbocycles. The van der Waals surface area contributed by atoms with Gasteiger partial charge in [-0.05, 0) is 38.0 Å². The van der Waals surface area contributed by atoms with Gasteiger partial charge in [0.2, 0.25) is 5.91 Å². The SMILES string of the molecule is CCCC(=O)NC1=C(C)C=CC(OCC)=CC1. The zero-order valence-corrected chi connectivity index (χ0v) is 10.9. The zero-order valence-electron chi connectivity index (χ0n) is 10.9. The van der Waals surface area contributed by atoms with Crippen molar-refractivity contribution >= 4 is 5.91 Å². The van der Waals surface area contributed by atoms with Gasteiger partial charge < -0.3 is 10.1 Å². The van der Waals surface area contributed by atoms with Gasteiger partial charge in [0.15, 0.2) is 0 Å². The molecule has 94 valence electrons. The Hall–Kier alpha value is -1.51. The van der Waals surface area contributed by atoms with Crippen LogP contribution in [0, 0.1) is 0 Å². The number of allylic oxidation sites excluding steroid dienone is 4. The predicted molar refractivity (Wildman–Crippen MR) is 69.2 cm³/mol. The highest BCUT2D eigenvalue weighted by Crippen LogP contribution is 2.16. The minimum atomic E-state index is 0.0866. The first-order valence-corrected chi connectivity index (χ1v) is 6.18. The Morgan fingerprint density at radius 3 is 2.82 bits per heavy atom. The molecule has 0 fully saturated rings. The highest BCUT2D eigenvalue weighted by molar-refractivity contribution is 5.78. The second-order valence-corrected chi connectivity index (χ2v) is 4.04. The van der Waals surface area contributed by atoms with E-state index in [1.165, 1.54) is 0 Å². The fourth-order valence-corrected chi connectivity index (χ4v) is 1.62. The van der Waals surface area contributed by atoms with Crippen LogP contribution in [0.2, 0.25) is 0 Å².